The fraction of sp³-hybridized carbons (Fsp3) is 0.818. The monoisotopic (exact) mass is 215 g/mol. The first-order chi connectivity index (χ1) is 6.99. The second-order valence-corrected chi connectivity index (χ2v) is 3.97. The molecule has 15 heavy (non-hydrogen) atoms. The van der Waals surface area contributed by atoms with E-state index in [0.29, 0.717) is 0 Å². The Labute approximate surface area is 91.3 Å². The van der Waals surface area contributed by atoms with Crippen LogP contribution in [-0.2, 0) is 9.59 Å². The van der Waals surface area contributed by atoms with Crippen molar-refractivity contribution in [3.05, 3.63) is 0 Å². The SMILES string of the molecule is CCCCCN(C)C(=O)CC(C)C(=O)O. The summed E-state index contributed by atoms with van der Waals surface area (Å²) in [6, 6.07) is 0. The van der Waals surface area contributed by atoms with E-state index in [1.807, 2.05) is 0 Å². The minimum absolute atomic E-state index is 0.0824. The van der Waals surface area contributed by atoms with Gasteiger partial charge in [-0.1, -0.05) is 26.7 Å². The molecule has 1 N–H and O–H groups in total. The van der Waals surface area contributed by atoms with Gasteiger partial charge in [-0.25, -0.2) is 0 Å². The molecule has 0 spiro atoms. The molecule has 0 aromatic heterocycles. The van der Waals surface area contributed by atoms with Gasteiger partial charge in [0.05, 0.1) is 5.92 Å². The summed E-state index contributed by atoms with van der Waals surface area (Å²) in [7, 11) is 1.73. The highest BCUT2D eigenvalue weighted by Gasteiger charge is 2.17. The number of unbranched alkanes of at least 4 members (excludes halogenated alkanes) is 2. The van der Waals surface area contributed by atoms with Gasteiger partial charge in [-0.3, -0.25) is 9.59 Å². The number of amides is 1. The Balaban J connectivity index is 3.83. The Hall–Kier alpha value is -1.06. The smallest absolute Gasteiger partial charge is 0.306 e. The summed E-state index contributed by atoms with van der Waals surface area (Å²) in [6.45, 7) is 4.38. The minimum atomic E-state index is -0.912. The summed E-state index contributed by atoms with van der Waals surface area (Å²) in [5.74, 6) is -1.59. The van der Waals surface area contributed by atoms with Crippen molar-refractivity contribution in [3.63, 3.8) is 0 Å². The van der Waals surface area contributed by atoms with Gasteiger partial charge in [0.25, 0.3) is 0 Å². The molecule has 0 heterocycles. The van der Waals surface area contributed by atoms with E-state index in [4.69, 9.17) is 5.11 Å². The molecule has 0 aromatic carbocycles. The van der Waals surface area contributed by atoms with Gasteiger partial charge in [0.2, 0.25) is 5.91 Å². The van der Waals surface area contributed by atoms with Crippen molar-refractivity contribution in [1.29, 1.82) is 0 Å². The van der Waals surface area contributed by atoms with Crippen LogP contribution in [0.5, 0.6) is 0 Å². The number of nitrogens with zero attached hydrogens (tertiary/aromatic N) is 1. The van der Waals surface area contributed by atoms with Gasteiger partial charge in [0.1, 0.15) is 0 Å². The van der Waals surface area contributed by atoms with E-state index in [-0.39, 0.29) is 12.3 Å². The van der Waals surface area contributed by atoms with Crippen LogP contribution in [0.2, 0.25) is 0 Å². The fourth-order valence-electron chi connectivity index (χ4n) is 1.23. The Morgan fingerprint density at radius 3 is 2.40 bits per heavy atom. The lowest BCUT2D eigenvalue weighted by atomic mass is 10.1. The van der Waals surface area contributed by atoms with Crippen molar-refractivity contribution in [1.82, 2.24) is 4.90 Å². The molecule has 0 rings (SSSR count). The number of rotatable bonds is 7. The molecule has 0 saturated heterocycles. The molecular weight excluding hydrogens is 194 g/mol. The van der Waals surface area contributed by atoms with Crippen molar-refractivity contribution in [2.24, 2.45) is 5.92 Å². The molecule has 1 atom stereocenters. The average Bonchev–Trinajstić information content (AvgIpc) is 2.17. The van der Waals surface area contributed by atoms with Crippen molar-refractivity contribution in [2.75, 3.05) is 13.6 Å². The van der Waals surface area contributed by atoms with Gasteiger partial charge in [0, 0.05) is 20.0 Å². The van der Waals surface area contributed by atoms with E-state index in [0.717, 1.165) is 25.8 Å². The predicted molar refractivity (Wildman–Crippen MR) is 58.6 cm³/mol. The molecule has 4 heteroatoms. The van der Waals surface area contributed by atoms with Crippen LogP contribution in [0.25, 0.3) is 0 Å². The van der Waals surface area contributed by atoms with Crippen LogP contribution in [0, 0.1) is 5.92 Å². The first kappa shape index (κ1) is 13.9. The number of carboxylic acids is 1. The van der Waals surface area contributed by atoms with Gasteiger partial charge in [0.15, 0.2) is 0 Å². The van der Waals surface area contributed by atoms with Gasteiger partial charge < -0.3 is 10.0 Å². The van der Waals surface area contributed by atoms with Crippen molar-refractivity contribution in [3.8, 4) is 0 Å². The summed E-state index contributed by atoms with van der Waals surface area (Å²) in [5.41, 5.74) is 0. The summed E-state index contributed by atoms with van der Waals surface area (Å²) < 4.78 is 0. The first-order valence-electron chi connectivity index (χ1n) is 5.45. The lowest BCUT2D eigenvalue weighted by Gasteiger charge is -2.18. The molecule has 0 aliphatic carbocycles. The Morgan fingerprint density at radius 2 is 1.93 bits per heavy atom. The van der Waals surface area contributed by atoms with E-state index in [9.17, 15) is 9.59 Å². The quantitative estimate of drug-likeness (QED) is 0.658. The fourth-order valence-corrected chi connectivity index (χ4v) is 1.23. The standard InChI is InChI=1S/C11H21NO3/c1-4-5-6-7-12(3)10(13)8-9(2)11(14)15/h9H,4-8H2,1-3H3,(H,14,15). The minimum Gasteiger partial charge on any atom is -0.481 e. The van der Waals surface area contributed by atoms with Crippen molar-refractivity contribution >= 4 is 11.9 Å². The van der Waals surface area contributed by atoms with Crippen LogP contribution < -0.4 is 0 Å². The molecule has 0 saturated carbocycles. The molecule has 0 aromatic rings. The zero-order valence-electron chi connectivity index (χ0n) is 9.82. The second kappa shape index (κ2) is 7.26. The predicted octanol–water partition coefficient (Wildman–Crippen LogP) is 1.75. The number of hydrogen-bond acceptors (Lipinski definition) is 2. The Morgan fingerprint density at radius 1 is 1.33 bits per heavy atom. The summed E-state index contributed by atoms with van der Waals surface area (Å²) in [6.07, 6.45) is 3.30. The van der Waals surface area contributed by atoms with Crippen LogP contribution in [0.3, 0.4) is 0 Å². The topological polar surface area (TPSA) is 57.6 Å². The van der Waals surface area contributed by atoms with Crippen LogP contribution in [0.1, 0.15) is 39.5 Å². The maximum absolute atomic E-state index is 11.5. The molecule has 4 nitrogen and oxygen atoms in total. The van der Waals surface area contributed by atoms with Gasteiger partial charge in [-0.2, -0.15) is 0 Å². The molecule has 0 fully saturated rings. The average molecular weight is 215 g/mol. The Kier molecular flexibility index (Phi) is 6.75. The van der Waals surface area contributed by atoms with Crippen LogP contribution in [0.15, 0.2) is 0 Å². The number of hydrogen-bond donors (Lipinski definition) is 1. The molecule has 0 aliphatic heterocycles. The molecule has 88 valence electrons. The third-order valence-corrected chi connectivity index (χ3v) is 2.43. The zero-order valence-corrected chi connectivity index (χ0v) is 9.82. The highest BCUT2D eigenvalue weighted by atomic mass is 16.4. The van der Waals surface area contributed by atoms with Gasteiger partial charge in [-0.15, -0.1) is 0 Å². The van der Waals surface area contributed by atoms with Crippen LogP contribution >= 0.6 is 0 Å². The highest BCUT2D eigenvalue weighted by molar-refractivity contribution is 5.81. The maximum atomic E-state index is 11.5. The number of carboxylic acid groups (broad SMARTS) is 1. The summed E-state index contributed by atoms with van der Waals surface area (Å²) in [5, 5.41) is 8.66. The van der Waals surface area contributed by atoms with Crippen molar-refractivity contribution in [2.45, 2.75) is 39.5 Å². The Bertz CT molecular complexity index is 216. The zero-order chi connectivity index (χ0) is 11.8. The summed E-state index contributed by atoms with van der Waals surface area (Å²) >= 11 is 0. The maximum Gasteiger partial charge on any atom is 0.306 e. The molecule has 0 aliphatic rings. The van der Waals surface area contributed by atoms with Crippen LogP contribution in [-0.4, -0.2) is 35.5 Å². The third-order valence-electron chi connectivity index (χ3n) is 2.43. The van der Waals surface area contributed by atoms with Gasteiger partial charge >= 0.3 is 5.97 Å². The highest BCUT2D eigenvalue weighted by Crippen LogP contribution is 2.05. The van der Waals surface area contributed by atoms with E-state index in [1.165, 1.54) is 0 Å². The number of aliphatic carboxylic acids is 1. The molecule has 1 amide bonds. The largest absolute Gasteiger partial charge is 0.481 e. The van der Waals surface area contributed by atoms with Crippen LogP contribution in [0.4, 0.5) is 0 Å². The van der Waals surface area contributed by atoms with E-state index < -0.39 is 11.9 Å². The van der Waals surface area contributed by atoms with Gasteiger partial charge in [-0.05, 0) is 6.42 Å². The van der Waals surface area contributed by atoms with E-state index in [2.05, 4.69) is 6.92 Å². The molecule has 1 unspecified atom stereocenters. The lowest BCUT2D eigenvalue weighted by molar-refractivity contribution is -0.145. The number of carbonyl (C=O) groups is 2. The third kappa shape index (κ3) is 6.10. The van der Waals surface area contributed by atoms with E-state index in [1.54, 1.807) is 18.9 Å². The lowest BCUT2D eigenvalue weighted by Crippen LogP contribution is -2.30. The summed E-state index contributed by atoms with van der Waals surface area (Å²) in [4.78, 5) is 23.7. The normalized spacial score (nSPS) is 12.2. The number of carbonyl (C=O) groups excluding carboxylic acids is 1. The second-order valence-electron chi connectivity index (χ2n) is 3.97. The first-order valence-corrected chi connectivity index (χ1v) is 5.45. The molecule has 0 radical (unpaired) electrons. The molecular formula is C11H21NO3. The van der Waals surface area contributed by atoms with Crippen molar-refractivity contribution < 1.29 is 14.7 Å². The molecule has 0 bridgehead atoms. The van der Waals surface area contributed by atoms with E-state index >= 15 is 0 Å².